The minimum Gasteiger partial charge on any atom is -0.352 e. The number of piperidine rings is 1. The summed E-state index contributed by atoms with van der Waals surface area (Å²) in [7, 11) is 2.12. The summed E-state index contributed by atoms with van der Waals surface area (Å²) in [6.07, 6.45) is 7.02. The van der Waals surface area contributed by atoms with Crippen LogP contribution in [0.4, 0.5) is 0 Å². The van der Waals surface area contributed by atoms with E-state index in [4.69, 9.17) is 0 Å². The molecule has 0 aromatic rings. The summed E-state index contributed by atoms with van der Waals surface area (Å²) < 4.78 is 0. The van der Waals surface area contributed by atoms with Gasteiger partial charge >= 0.3 is 0 Å². The van der Waals surface area contributed by atoms with Crippen molar-refractivity contribution in [3.8, 4) is 0 Å². The van der Waals surface area contributed by atoms with Crippen molar-refractivity contribution in [1.29, 1.82) is 0 Å². The zero-order chi connectivity index (χ0) is 14.7. The molecule has 1 amide bonds. The van der Waals surface area contributed by atoms with Crippen molar-refractivity contribution in [2.24, 2.45) is 0 Å². The Labute approximate surface area is 123 Å². The Morgan fingerprint density at radius 2 is 1.80 bits per heavy atom. The van der Waals surface area contributed by atoms with Gasteiger partial charge in [-0.3, -0.25) is 9.69 Å². The summed E-state index contributed by atoms with van der Waals surface area (Å²) in [6.45, 7) is 6.31. The number of likely N-dealkylation sites (N-methyl/N-ethyl adjacent to an activating group) is 1. The smallest absolute Gasteiger partial charge is 0.237 e. The number of carbonyl (C=O) groups is 1. The maximum Gasteiger partial charge on any atom is 0.237 e. The van der Waals surface area contributed by atoms with Crippen LogP contribution in [0.15, 0.2) is 0 Å². The van der Waals surface area contributed by atoms with Gasteiger partial charge in [0.15, 0.2) is 0 Å². The van der Waals surface area contributed by atoms with Gasteiger partial charge in [0.1, 0.15) is 0 Å². The lowest BCUT2D eigenvalue weighted by atomic mass is 9.97. The van der Waals surface area contributed by atoms with Gasteiger partial charge in [-0.2, -0.15) is 0 Å². The van der Waals surface area contributed by atoms with E-state index >= 15 is 0 Å². The van der Waals surface area contributed by atoms with Crippen LogP contribution in [0.1, 0.15) is 59.3 Å². The third-order valence-corrected chi connectivity index (χ3v) is 5.35. The minimum atomic E-state index is -0.0295. The predicted molar refractivity (Wildman–Crippen MR) is 82.7 cm³/mol. The first-order valence-electron chi connectivity index (χ1n) is 8.33. The first kappa shape index (κ1) is 15.8. The zero-order valence-corrected chi connectivity index (χ0v) is 13.5. The van der Waals surface area contributed by atoms with Crippen molar-refractivity contribution in [2.75, 3.05) is 7.05 Å². The summed E-state index contributed by atoms with van der Waals surface area (Å²) >= 11 is 0. The second-order valence-corrected chi connectivity index (χ2v) is 6.63. The predicted octanol–water partition coefficient (Wildman–Crippen LogP) is 1.89. The first-order chi connectivity index (χ1) is 9.55. The van der Waals surface area contributed by atoms with Crippen LogP contribution in [-0.4, -0.2) is 48.1 Å². The Morgan fingerprint density at radius 1 is 1.25 bits per heavy atom. The SMILES string of the molecule is CCC(CC)NC(=O)C(C)N(C)C1CC2CCC(C1)N2. The van der Waals surface area contributed by atoms with Gasteiger partial charge in [-0.1, -0.05) is 13.8 Å². The second kappa shape index (κ2) is 6.90. The van der Waals surface area contributed by atoms with Gasteiger partial charge in [-0.15, -0.1) is 0 Å². The van der Waals surface area contributed by atoms with Crippen LogP contribution in [0, 0.1) is 0 Å². The zero-order valence-electron chi connectivity index (χ0n) is 13.5. The normalized spacial score (nSPS) is 30.8. The molecule has 0 aromatic heterocycles. The number of amides is 1. The fraction of sp³-hybridized carbons (Fsp3) is 0.938. The van der Waals surface area contributed by atoms with Gasteiger partial charge in [0.2, 0.25) is 5.91 Å². The molecular formula is C16H31N3O. The molecule has 116 valence electrons. The van der Waals surface area contributed by atoms with Crippen molar-refractivity contribution < 1.29 is 4.79 Å². The molecule has 0 spiro atoms. The van der Waals surface area contributed by atoms with Gasteiger partial charge in [0, 0.05) is 24.2 Å². The molecule has 2 fully saturated rings. The Bertz CT molecular complexity index is 318. The molecular weight excluding hydrogens is 250 g/mol. The number of nitrogens with one attached hydrogen (secondary N) is 2. The van der Waals surface area contributed by atoms with E-state index in [0.717, 1.165) is 12.8 Å². The largest absolute Gasteiger partial charge is 0.352 e. The molecule has 0 radical (unpaired) electrons. The Kier molecular flexibility index (Phi) is 5.44. The van der Waals surface area contributed by atoms with Crippen molar-refractivity contribution in [3.63, 3.8) is 0 Å². The van der Waals surface area contributed by atoms with Gasteiger partial charge in [0.05, 0.1) is 6.04 Å². The van der Waals surface area contributed by atoms with Crippen LogP contribution < -0.4 is 10.6 Å². The topological polar surface area (TPSA) is 44.4 Å². The van der Waals surface area contributed by atoms with Crippen LogP contribution in [0.2, 0.25) is 0 Å². The van der Waals surface area contributed by atoms with Crippen LogP contribution in [0.25, 0.3) is 0 Å². The van der Waals surface area contributed by atoms with E-state index in [-0.39, 0.29) is 11.9 Å². The summed E-state index contributed by atoms with van der Waals surface area (Å²) in [6, 6.07) is 2.20. The Hall–Kier alpha value is -0.610. The highest BCUT2D eigenvalue weighted by atomic mass is 16.2. The molecule has 2 heterocycles. The van der Waals surface area contributed by atoms with Crippen molar-refractivity contribution in [3.05, 3.63) is 0 Å². The molecule has 3 atom stereocenters. The van der Waals surface area contributed by atoms with Crippen molar-refractivity contribution >= 4 is 5.91 Å². The average molecular weight is 281 g/mol. The molecule has 2 aliphatic rings. The average Bonchev–Trinajstić information content (AvgIpc) is 2.81. The highest BCUT2D eigenvalue weighted by molar-refractivity contribution is 5.81. The monoisotopic (exact) mass is 281 g/mol. The molecule has 4 heteroatoms. The molecule has 4 nitrogen and oxygen atoms in total. The van der Waals surface area contributed by atoms with E-state index in [2.05, 4.69) is 36.4 Å². The van der Waals surface area contributed by atoms with E-state index in [1.54, 1.807) is 0 Å². The maximum atomic E-state index is 12.4. The van der Waals surface area contributed by atoms with Crippen LogP contribution in [-0.2, 0) is 4.79 Å². The number of hydrogen-bond donors (Lipinski definition) is 2. The molecule has 0 saturated carbocycles. The van der Waals surface area contributed by atoms with E-state index < -0.39 is 0 Å². The van der Waals surface area contributed by atoms with Crippen LogP contribution in [0.3, 0.4) is 0 Å². The molecule has 20 heavy (non-hydrogen) atoms. The third-order valence-electron chi connectivity index (χ3n) is 5.35. The Balaban J connectivity index is 1.87. The number of rotatable bonds is 6. The highest BCUT2D eigenvalue weighted by Gasteiger charge is 2.37. The lowest BCUT2D eigenvalue weighted by molar-refractivity contribution is -0.127. The molecule has 3 unspecified atom stereocenters. The molecule has 0 aliphatic carbocycles. The fourth-order valence-electron chi connectivity index (χ4n) is 3.68. The molecule has 2 rings (SSSR count). The van der Waals surface area contributed by atoms with Crippen LogP contribution >= 0.6 is 0 Å². The first-order valence-corrected chi connectivity index (χ1v) is 8.33. The third kappa shape index (κ3) is 3.53. The standard InChI is InChI=1S/C16H31N3O/c1-5-12(6-2)18-16(20)11(3)19(4)15-9-13-7-8-14(10-15)17-13/h11-15,17H,5-10H2,1-4H3,(H,18,20). The van der Waals surface area contributed by atoms with E-state index in [0.29, 0.717) is 24.2 Å². The number of hydrogen-bond acceptors (Lipinski definition) is 3. The molecule has 2 bridgehead atoms. The lowest BCUT2D eigenvalue weighted by Crippen LogP contribution is -2.54. The van der Waals surface area contributed by atoms with Gasteiger partial charge < -0.3 is 10.6 Å². The second-order valence-electron chi connectivity index (χ2n) is 6.63. The van der Waals surface area contributed by atoms with Gasteiger partial charge in [-0.25, -0.2) is 0 Å². The lowest BCUT2D eigenvalue weighted by Gasteiger charge is -2.38. The van der Waals surface area contributed by atoms with E-state index in [1.807, 2.05) is 6.92 Å². The minimum absolute atomic E-state index is 0.0295. The highest BCUT2D eigenvalue weighted by Crippen LogP contribution is 2.29. The molecule has 2 aliphatic heterocycles. The fourth-order valence-corrected chi connectivity index (χ4v) is 3.68. The van der Waals surface area contributed by atoms with Crippen molar-refractivity contribution in [1.82, 2.24) is 15.5 Å². The summed E-state index contributed by atoms with van der Waals surface area (Å²) in [5.74, 6) is 0.187. The van der Waals surface area contributed by atoms with Crippen LogP contribution in [0.5, 0.6) is 0 Å². The summed E-state index contributed by atoms with van der Waals surface area (Å²) in [4.78, 5) is 14.7. The number of nitrogens with zero attached hydrogens (tertiary/aromatic N) is 1. The number of fused-ring (bicyclic) bond motifs is 2. The number of carbonyl (C=O) groups excluding carboxylic acids is 1. The summed E-state index contributed by atoms with van der Waals surface area (Å²) in [5.41, 5.74) is 0. The van der Waals surface area contributed by atoms with E-state index in [1.165, 1.54) is 25.7 Å². The van der Waals surface area contributed by atoms with Gasteiger partial charge in [-0.05, 0) is 52.5 Å². The quantitative estimate of drug-likeness (QED) is 0.781. The van der Waals surface area contributed by atoms with Gasteiger partial charge in [0.25, 0.3) is 0 Å². The van der Waals surface area contributed by atoms with E-state index in [9.17, 15) is 4.79 Å². The Morgan fingerprint density at radius 3 is 2.30 bits per heavy atom. The molecule has 2 N–H and O–H groups in total. The molecule has 0 aromatic carbocycles. The maximum absolute atomic E-state index is 12.4. The van der Waals surface area contributed by atoms with Crippen molar-refractivity contribution in [2.45, 2.75) is 89.5 Å². The summed E-state index contributed by atoms with van der Waals surface area (Å²) in [5, 5.41) is 6.84. The molecule has 2 saturated heterocycles.